The Morgan fingerprint density at radius 2 is 2.05 bits per heavy atom. The SMILES string of the molecule is Cc1ccc(N2CCCC(C(C)C)CC2)c(CO)c1. The van der Waals surface area contributed by atoms with Crippen LogP contribution in [0.1, 0.15) is 44.2 Å². The van der Waals surface area contributed by atoms with E-state index in [9.17, 15) is 5.11 Å². The van der Waals surface area contributed by atoms with Crippen LogP contribution in [-0.4, -0.2) is 18.2 Å². The fraction of sp³-hybridized carbons (Fsp3) is 0.647. The summed E-state index contributed by atoms with van der Waals surface area (Å²) in [6, 6.07) is 6.44. The lowest BCUT2D eigenvalue weighted by Crippen LogP contribution is -2.25. The van der Waals surface area contributed by atoms with Gasteiger partial charge in [-0.1, -0.05) is 31.5 Å². The van der Waals surface area contributed by atoms with Crippen molar-refractivity contribution in [2.45, 2.75) is 46.6 Å². The highest BCUT2D eigenvalue weighted by atomic mass is 16.3. The minimum Gasteiger partial charge on any atom is -0.392 e. The summed E-state index contributed by atoms with van der Waals surface area (Å²) in [5.74, 6) is 1.64. The van der Waals surface area contributed by atoms with E-state index >= 15 is 0 Å². The van der Waals surface area contributed by atoms with Crippen molar-refractivity contribution in [3.63, 3.8) is 0 Å². The van der Waals surface area contributed by atoms with Crippen LogP contribution >= 0.6 is 0 Å². The molecule has 1 fully saturated rings. The van der Waals surface area contributed by atoms with E-state index in [0.717, 1.165) is 30.5 Å². The average Bonchev–Trinajstić information content (AvgIpc) is 2.64. The second-order valence-electron chi connectivity index (χ2n) is 6.21. The zero-order chi connectivity index (χ0) is 13.8. The van der Waals surface area contributed by atoms with Gasteiger partial charge in [0, 0.05) is 24.3 Å². The van der Waals surface area contributed by atoms with Gasteiger partial charge in [0.1, 0.15) is 0 Å². The molecule has 1 heterocycles. The Labute approximate surface area is 117 Å². The molecule has 2 heteroatoms. The first-order chi connectivity index (χ1) is 9.11. The van der Waals surface area contributed by atoms with E-state index in [4.69, 9.17) is 0 Å². The quantitative estimate of drug-likeness (QED) is 0.895. The van der Waals surface area contributed by atoms with Gasteiger partial charge >= 0.3 is 0 Å². The van der Waals surface area contributed by atoms with Gasteiger partial charge in [-0.05, 0) is 44.1 Å². The smallest absolute Gasteiger partial charge is 0.0702 e. The molecule has 1 aliphatic rings. The highest BCUT2D eigenvalue weighted by molar-refractivity contribution is 5.54. The zero-order valence-electron chi connectivity index (χ0n) is 12.5. The van der Waals surface area contributed by atoms with Crippen molar-refractivity contribution in [1.82, 2.24) is 0 Å². The molecule has 2 nitrogen and oxygen atoms in total. The predicted molar refractivity (Wildman–Crippen MR) is 81.5 cm³/mol. The summed E-state index contributed by atoms with van der Waals surface area (Å²) in [6.07, 6.45) is 3.88. The molecule has 106 valence electrons. The second kappa shape index (κ2) is 6.42. The van der Waals surface area contributed by atoms with E-state index in [2.05, 4.69) is 43.9 Å². The van der Waals surface area contributed by atoms with E-state index in [1.165, 1.54) is 30.5 Å². The van der Waals surface area contributed by atoms with Crippen molar-refractivity contribution in [2.24, 2.45) is 11.8 Å². The largest absolute Gasteiger partial charge is 0.392 e. The molecular weight excluding hydrogens is 234 g/mol. The number of aryl methyl sites for hydroxylation is 1. The van der Waals surface area contributed by atoms with E-state index < -0.39 is 0 Å². The van der Waals surface area contributed by atoms with Crippen LogP contribution in [0.2, 0.25) is 0 Å². The maximum atomic E-state index is 9.56. The molecule has 19 heavy (non-hydrogen) atoms. The molecule has 1 aromatic rings. The van der Waals surface area contributed by atoms with E-state index in [1.807, 2.05) is 0 Å². The summed E-state index contributed by atoms with van der Waals surface area (Å²) in [7, 11) is 0. The van der Waals surface area contributed by atoms with Gasteiger partial charge in [0.05, 0.1) is 6.61 Å². The summed E-state index contributed by atoms with van der Waals surface area (Å²) in [5.41, 5.74) is 3.53. The third-order valence-corrected chi connectivity index (χ3v) is 4.46. The first-order valence-corrected chi connectivity index (χ1v) is 7.57. The minimum absolute atomic E-state index is 0.140. The highest BCUT2D eigenvalue weighted by Gasteiger charge is 2.20. The van der Waals surface area contributed by atoms with Crippen LogP contribution in [0.3, 0.4) is 0 Å². The van der Waals surface area contributed by atoms with Crippen molar-refractivity contribution in [3.8, 4) is 0 Å². The molecule has 1 unspecified atom stereocenters. The lowest BCUT2D eigenvalue weighted by molar-refractivity contribution is 0.282. The fourth-order valence-electron chi connectivity index (χ4n) is 3.18. The molecule has 1 saturated heterocycles. The van der Waals surface area contributed by atoms with E-state index in [1.54, 1.807) is 0 Å². The highest BCUT2D eigenvalue weighted by Crippen LogP contribution is 2.29. The monoisotopic (exact) mass is 261 g/mol. The number of anilines is 1. The lowest BCUT2D eigenvalue weighted by atomic mass is 9.89. The molecule has 0 radical (unpaired) electrons. The van der Waals surface area contributed by atoms with Crippen molar-refractivity contribution < 1.29 is 5.11 Å². The van der Waals surface area contributed by atoms with Gasteiger partial charge in [-0.2, -0.15) is 0 Å². The Morgan fingerprint density at radius 3 is 2.74 bits per heavy atom. The van der Waals surface area contributed by atoms with Crippen molar-refractivity contribution in [1.29, 1.82) is 0 Å². The maximum Gasteiger partial charge on any atom is 0.0702 e. The molecule has 2 rings (SSSR count). The van der Waals surface area contributed by atoms with Crippen molar-refractivity contribution in [2.75, 3.05) is 18.0 Å². The molecule has 1 N–H and O–H groups in total. The standard InChI is InChI=1S/C17H27NO/c1-13(2)15-5-4-9-18(10-8-15)17-7-6-14(3)11-16(17)12-19/h6-7,11,13,15,19H,4-5,8-10,12H2,1-3H3. The van der Waals surface area contributed by atoms with Crippen LogP contribution in [-0.2, 0) is 6.61 Å². The van der Waals surface area contributed by atoms with Gasteiger partial charge in [-0.25, -0.2) is 0 Å². The number of hydrogen-bond acceptors (Lipinski definition) is 2. The number of nitrogens with zero attached hydrogens (tertiary/aromatic N) is 1. The molecule has 1 atom stereocenters. The zero-order valence-corrected chi connectivity index (χ0v) is 12.5. The number of rotatable bonds is 3. The van der Waals surface area contributed by atoms with Gasteiger partial charge < -0.3 is 10.0 Å². The molecule has 1 aromatic carbocycles. The van der Waals surface area contributed by atoms with Crippen molar-refractivity contribution in [3.05, 3.63) is 29.3 Å². The van der Waals surface area contributed by atoms with Crippen LogP contribution in [0.15, 0.2) is 18.2 Å². The summed E-state index contributed by atoms with van der Waals surface area (Å²) >= 11 is 0. The number of benzene rings is 1. The van der Waals surface area contributed by atoms with Crippen LogP contribution in [0.4, 0.5) is 5.69 Å². The summed E-state index contributed by atoms with van der Waals surface area (Å²) < 4.78 is 0. The van der Waals surface area contributed by atoms with Crippen LogP contribution in [0.5, 0.6) is 0 Å². The second-order valence-corrected chi connectivity index (χ2v) is 6.21. The molecule has 0 spiro atoms. The Hall–Kier alpha value is -1.02. The van der Waals surface area contributed by atoms with Gasteiger partial charge in [0.2, 0.25) is 0 Å². The molecule has 0 aliphatic carbocycles. The molecule has 1 aliphatic heterocycles. The van der Waals surface area contributed by atoms with Gasteiger partial charge in [0.15, 0.2) is 0 Å². The third kappa shape index (κ3) is 3.50. The van der Waals surface area contributed by atoms with Crippen LogP contribution < -0.4 is 4.90 Å². The molecular formula is C17H27NO. The average molecular weight is 261 g/mol. The maximum absolute atomic E-state index is 9.56. The number of hydrogen-bond donors (Lipinski definition) is 1. The van der Waals surface area contributed by atoms with E-state index in [-0.39, 0.29) is 6.61 Å². The topological polar surface area (TPSA) is 23.5 Å². The van der Waals surface area contributed by atoms with Gasteiger partial charge in [-0.15, -0.1) is 0 Å². The first kappa shape index (κ1) is 14.4. The van der Waals surface area contributed by atoms with Gasteiger partial charge in [-0.3, -0.25) is 0 Å². The van der Waals surface area contributed by atoms with Gasteiger partial charge in [0.25, 0.3) is 0 Å². The summed E-state index contributed by atoms with van der Waals surface area (Å²) in [4.78, 5) is 2.47. The Balaban J connectivity index is 2.14. The summed E-state index contributed by atoms with van der Waals surface area (Å²) in [6.45, 7) is 9.15. The lowest BCUT2D eigenvalue weighted by Gasteiger charge is -2.26. The summed E-state index contributed by atoms with van der Waals surface area (Å²) in [5, 5.41) is 9.56. The molecule has 0 saturated carbocycles. The normalized spacial score (nSPS) is 20.7. The third-order valence-electron chi connectivity index (χ3n) is 4.46. The minimum atomic E-state index is 0.140. The number of aliphatic hydroxyl groups excluding tert-OH is 1. The van der Waals surface area contributed by atoms with Crippen molar-refractivity contribution >= 4 is 5.69 Å². The fourth-order valence-corrected chi connectivity index (χ4v) is 3.18. The molecule has 0 amide bonds. The molecule has 0 bridgehead atoms. The van der Waals surface area contributed by atoms with Crippen LogP contribution in [0, 0.1) is 18.8 Å². The van der Waals surface area contributed by atoms with E-state index in [0.29, 0.717) is 0 Å². The van der Waals surface area contributed by atoms with Crippen LogP contribution in [0.25, 0.3) is 0 Å². The predicted octanol–water partition coefficient (Wildman–Crippen LogP) is 3.75. The number of aliphatic hydroxyl groups is 1. The molecule has 0 aromatic heterocycles. The Morgan fingerprint density at radius 1 is 1.26 bits per heavy atom. The Bertz CT molecular complexity index is 414. The first-order valence-electron chi connectivity index (χ1n) is 7.57. The Kier molecular flexibility index (Phi) is 4.87.